The molecule has 1 aromatic carbocycles. The Bertz CT molecular complexity index is 316. The molecule has 2 unspecified atom stereocenters. The first-order valence-electron chi connectivity index (χ1n) is 4.42. The van der Waals surface area contributed by atoms with Gasteiger partial charge in [0.25, 0.3) is 0 Å². The van der Waals surface area contributed by atoms with Crippen LogP contribution in [-0.2, 0) is 17.5 Å². The van der Waals surface area contributed by atoms with Gasteiger partial charge in [0.2, 0.25) is 0 Å². The van der Waals surface area contributed by atoms with E-state index in [0.29, 0.717) is 10.8 Å². The van der Waals surface area contributed by atoms with Crippen molar-refractivity contribution in [1.82, 2.24) is 0 Å². The van der Waals surface area contributed by atoms with E-state index in [9.17, 15) is 8.76 Å². The third-order valence-corrected chi connectivity index (χ3v) is 4.45. The Kier molecular flexibility index (Phi) is 5.11. The van der Waals surface area contributed by atoms with Crippen LogP contribution >= 0.6 is 0 Å². The summed E-state index contributed by atoms with van der Waals surface area (Å²) < 4.78 is 22.4. The first-order valence-corrected chi connectivity index (χ1v) is 7.30. The zero-order valence-corrected chi connectivity index (χ0v) is 11.3. The Hall–Kier alpha value is 0.120. The molecule has 0 fully saturated rings. The molecule has 0 radical (unpaired) electrons. The summed E-state index contributed by atoms with van der Waals surface area (Å²) in [4.78, 5) is 0.362. The molecule has 0 amide bonds. The van der Waals surface area contributed by atoms with E-state index in [2.05, 4.69) is 6.92 Å². The summed E-state index contributed by atoms with van der Waals surface area (Å²) in [5, 5.41) is 0. The quantitative estimate of drug-likeness (QED) is 0.622. The fourth-order valence-corrected chi connectivity index (χ4v) is 1.93. The van der Waals surface area contributed by atoms with Crippen LogP contribution in [0.5, 0.6) is 0 Å². The molecule has 2 atom stereocenters. The van der Waals surface area contributed by atoms with E-state index in [-0.39, 0.29) is 1.43 Å². The van der Waals surface area contributed by atoms with Crippen molar-refractivity contribution in [2.24, 2.45) is 5.92 Å². The molecule has 0 bridgehead atoms. The van der Waals surface area contributed by atoms with Crippen molar-refractivity contribution < 1.29 is 10.2 Å². The van der Waals surface area contributed by atoms with Crippen molar-refractivity contribution in [2.45, 2.75) is 22.7 Å². The van der Waals surface area contributed by atoms with Gasteiger partial charge in [-0.05, 0) is 0 Å². The molecule has 1 aromatic rings. The predicted molar refractivity (Wildman–Crippen MR) is 59.6 cm³/mol. The van der Waals surface area contributed by atoms with Gasteiger partial charge in [0, 0.05) is 0 Å². The van der Waals surface area contributed by atoms with Gasteiger partial charge < -0.3 is 0 Å². The van der Waals surface area contributed by atoms with Gasteiger partial charge >= 0.3 is 102 Å². The van der Waals surface area contributed by atoms with E-state index in [1.54, 1.807) is 12.1 Å². The molecule has 1 rings (SSSR count). The molecule has 78 valence electrons. The molecule has 0 aliphatic carbocycles. The maximum Gasteiger partial charge on any atom is 1.00 e. The Balaban J connectivity index is 0.00000196. The molecule has 0 spiro atoms. The van der Waals surface area contributed by atoms with Crippen LogP contribution in [0.25, 0.3) is 0 Å². The van der Waals surface area contributed by atoms with Gasteiger partial charge in [0.15, 0.2) is 0 Å². The van der Waals surface area contributed by atoms with Gasteiger partial charge in [0.05, 0.1) is 0 Å². The van der Waals surface area contributed by atoms with Crippen LogP contribution in [0.4, 0.5) is 0 Å². The maximum atomic E-state index is 10.6. The van der Waals surface area contributed by atoms with Crippen LogP contribution in [0.2, 0.25) is 4.47 Å². The van der Waals surface area contributed by atoms with Crippen LogP contribution in [-0.4, -0.2) is 31.1 Å². The van der Waals surface area contributed by atoms with Crippen LogP contribution in [0.3, 0.4) is 0 Å². The molecule has 0 aromatic heterocycles. The topological polar surface area (TPSA) is 40.1 Å². The molecular formula is C10H14O2STe. The number of hydrogen-bond donors (Lipinski definition) is 0. The molecule has 0 saturated carbocycles. The summed E-state index contributed by atoms with van der Waals surface area (Å²) >= 11 is -0.275. The van der Waals surface area contributed by atoms with Crippen LogP contribution in [0.1, 0.15) is 13.9 Å². The second kappa shape index (κ2) is 5.87. The predicted octanol–water partition coefficient (Wildman–Crippen LogP) is 1.53. The van der Waals surface area contributed by atoms with Crippen molar-refractivity contribution in [3.8, 4) is 0 Å². The molecule has 4 heteroatoms. The Morgan fingerprint density at radius 1 is 1.50 bits per heavy atom. The molecule has 0 aliphatic heterocycles. The summed E-state index contributed by atoms with van der Waals surface area (Å²) in [6.07, 6.45) is 1.03. The van der Waals surface area contributed by atoms with E-state index in [1.165, 1.54) is 10.0 Å². The standard InChI is InChI=1S/C10H14O2STe/c1-8(7-14)6-9-2-4-10(5-3-9)13(11)12/h2-5,8,14H,6-7H2,1H3,(H,11,12). The number of benzene rings is 1. The average molecular weight is 326 g/mol. The van der Waals surface area contributed by atoms with Gasteiger partial charge in [-0.1, -0.05) is 0 Å². The van der Waals surface area contributed by atoms with Crippen molar-refractivity contribution in [3.05, 3.63) is 29.8 Å². The second-order valence-corrected chi connectivity index (χ2v) is 5.35. The van der Waals surface area contributed by atoms with E-state index in [1.807, 2.05) is 34.4 Å². The summed E-state index contributed by atoms with van der Waals surface area (Å²) in [5.41, 5.74) is 1.21. The van der Waals surface area contributed by atoms with E-state index in [4.69, 9.17) is 0 Å². The normalized spacial score (nSPS) is 15.1. The van der Waals surface area contributed by atoms with Crippen molar-refractivity contribution >= 4 is 33.4 Å². The fraction of sp³-hybridized carbons (Fsp3) is 0.400. The fourth-order valence-electron chi connectivity index (χ4n) is 1.20. The molecule has 0 heterocycles. The second-order valence-electron chi connectivity index (χ2n) is 3.37. The van der Waals surface area contributed by atoms with Crippen molar-refractivity contribution in [1.29, 1.82) is 0 Å². The summed E-state index contributed by atoms with van der Waals surface area (Å²) in [7, 11) is 0. The average Bonchev–Trinajstić information content (AvgIpc) is 2.18. The van der Waals surface area contributed by atoms with Gasteiger partial charge in [-0.3, -0.25) is 0 Å². The number of rotatable bonds is 4. The maximum absolute atomic E-state index is 10.6. The minimum Gasteiger partial charge on any atom is 1.00 e. The third-order valence-electron chi connectivity index (χ3n) is 2.01. The molecule has 2 nitrogen and oxygen atoms in total. The van der Waals surface area contributed by atoms with E-state index in [0.717, 1.165) is 6.42 Å². The summed E-state index contributed by atoms with van der Waals surface area (Å²) in [6, 6.07) is 7.10. The molecule has 0 aliphatic rings. The van der Waals surface area contributed by atoms with Crippen LogP contribution in [0.15, 0.2) is 29.2 Å². The Labute approximate surface area is 102 Å². The monoisotopic (exact) mass is 328 g/mol. The van der Waals surface area contributed by atoms with Gasteiger partial charge in [0.1, 0.15) is 0 Å². The number of hydrogen-bond acceptors (Lipinski definition) is 2. The minimum absolute atomic E-state index is 0. The van der Waals surface area contributed by atoms with Crippen molar-refractivity contribution in [2.75, 3.05) is 0 Å². The molecule has 14 heavy (non-hydrogen) atoms. The first-order chi connectivity index (χ1) is 6.63. The van der Waals surface area contributed by atoms with Gasteiger partial charge in [-0.15, -0.1) is 0 Å². The zero-order chi connectivity index (χ0) is 10.6. The molecule has 0 N–H and O–H groups in total. The Morgan fingerprint density at radius 3 is 2.50 bits per heavy atom. The smallest absolute Gasteiger partial charge is 1.00 e. The van der Waals surface area contributed by atoms with Gasteiger partial charge in [-0.25, -0.2) is 0 Å². The largest absolute Gasteiger partial charge is 1.00 e. The third kappa shape index (κ3) is 3.70. The summed E-state index contributed by atoms with van der Waals surface area (Å²) in [6.45, 7) is 2.21. The Morgan fingerprint density at radius 2 is 2.07 bits per heavy atom. The SMILES string of the molecule is CC(C[TeH])Cc1ccc(S(=O)[O-])cc1.[H+]. The van der Waals surface area contributed by atoms with Crippen molar-refractivity contribution in [3.63, 3.8) is 0 Å². The minimum atomic E-state index is -2.10. The van der Waals surface area contributed by atoms with E-state index < -0.39 is 11.1 Å². The van der Waals surface area contributed by atoms with Gasteiger partial charge in [-0.2, -0.15) is 0 Å². The van der Waals surface area contributed by atoms with Crippen LogP contribution < -0.4 is 0 Å². The molecule has 0 saturated heterocycles. The summed E-state index contributed by atoms with van der Waals surface area (Å²) in [5.74, 6) is 0.674. The van der Waals surface area contributed by atoms with E-state index >= 15 is 0 Å². The first kappa shape index (κ1) is 12.2. The van der Waals surface area contributed by atoms with Crippen LogP contribution in [0, 0.1) is 5.92 Å². The molecular weight excluding hydrogens is 312 g/mol. The zero-order valence-electron chi connectivity index (χ0n) is 8.97.